The lowest BCUT2D eigenvalue weighted by Crippen LogP contribution is -2.46. The Kier molecular flexibility index (Phi) is 5.58. The van der Waals surface area contributed by atoms with Crippen molar-refractivity contribution in [1.29, 1.82) is 0 Å². The molecule has 7 heteroatoms. The van der Waals surface area contributed by atoms with E-state index in [2.05, 4.69) is 5.32 Å². The van der Waals surface area contributed by atoms with Crippen LogP contribution in [0.1, 0.15) is 23.5 Å². The lowest BCUT2D eigenvalue weighted by atomic mass is 10.1. The van der Waals surface area contributed by atoms with Crippen molar-refractivity contribution in [2.24, 2.45) is 0 Å². The number of aliphatic carboxylic acids is 1. The Hall–Kier alpha value is -2.38. The molecule has 1 heterocycles. The zero-order valence-corrected chi connectivity index (χ0v) is 14.2. The molecule has 0 saturated heterocycles. The van der Waals surface area contributed by atoms with Crippen molar-refractivity contribution in [2.75, 3.05) is 13.2 Å². The topological polar surface area (TPSA) is 95.9 Å². The molecular formula is C17H19NO5S. The van der Waals surface area contributed by atoms with E-state index in [1.165, 1.54) is 11.3 Å². The van der Waals surface area contributed by atoms with Crippen LogP contribution in [0, 0.1) is 0 Å². The average molecular weight is 349 g/mol. The van der Waals surface area contributed by atoms with E-state index in [4.69, 9.17) is 9.84 Å². The van der Waals surface area contributed by atoms with Crippen LogP contribution in [0.25, 0.3) is 10.4 Å². The highest BCUT2D eigenvalue weighted by Gasteiger charge is 2.31. The second kappa shape index (κ2) is 7.46. The van der Waals surface area contributed by atoms with E-state index in [0.29, 0.717) is 17.2 Å². The SMILES string of the molecule is CCOc1cc(-c2ccccc2)sc1C(=O)NCC(C)(O)C(=O)O. The van der Waals surface area contributed by atoms with Crippen LogP contribution >= 0.6 is 11.3 Å². The van der Waals surface area contributed by atoms with Crippen molar-refractivity contribution in [2.45, 2.75) is 19.4 Å². The largest absolute Gasteiger partial charge is 0.492 e. The number of rotatable bonds is 7. The van der Waals surface area contributed by atoms with Gasteiger partial charge in [0.2, 0.25) is 0 Å². The fraction of sp³-hybridized carbons (Fsp3) is 0.294. The summed E-state index contributed by atoms with van der Waals surface area (Å²) >= 11 is 1.25. The molecule has 0 radical (unpaired) electrons. The zero-order valence-electron chi connectivity index (χ0n) is 13.4. The molecular weight excluding hydrogens is 330 g/mol. The van der Waals surface area contributed by atoms with Gasteiger partial charge in [-0.25, -0.2) is 4.79 Å². The van der Waals surface area contributed by atoms with Gasteiger partial charge in [-0.3, -0.25) is 4.79 Å². The highest BCUT2D eigenvalue weighted by atomic mass is 32.1. The standard InChI is InChI=1S/C17H19NO5S/c1-3-23-12-9-13(11-7-5-4-6-8-11)24-14(12)15(19)18-10-17(2,22)16(20)21/h4-9,22H,3,10H2,1-2H3,(H,18,19)(H,20,21). The number of thiophene rings is 1. The van der Waals surface area contributed by atoms with Gasteiger partial charge in [0, 0.05) is 4.88 Å². The summed E-state index contributed by atoms with van der Waals surface area (Å²) in [5, 5.41) is 21.0. The third-order valence-corrected chi connectivity index (χ3v) is 4.48. The second-order valence-electron chi connectivity index (χ2n) is 5.36. The van der Waals surface area contributed by atoms with Gasteiger partial charge in [0.15, 0.2) is 5.60 Å². The number of carbonyl (C=O) groups excluding carboxylic acids is 1. The summed E-state index contributed by atoms with van der Waals surface area (Å²) in [4.78, 5) is 24.5. The number of hydrogen-bond acceptors (Lipinski definition) is 5. The molecule has 0 spiro atoms. The van der Waals surface area contributed by atoms with E-state index in [1.54, 1.807) is 6.07 Å². The van der Waals surface area contributed by atoms with Gasteiger partial charge in [-0.15, -0.1) is 11.3 Å². The monoisotopic (exact) mass is 349 g/mol. The van der Waals surface area contributed by atoms with Gasteiger partial charge in [0.1, 0.15) is 10.6 Å². The van der Waals surface area contributed by atoms with Crippen molar-refractivity contribution in [3.63, 3.8) is 0 Å². The van der Waals surface area contributed by atoms with E-state index < -0.39 is 24.0 Å². The Bertz CT molecular complexity index is 724. The number of aliphatic hydroxyl groups is 1. The van der Waals surface area contributed by atoms with Gasteiger partial charge in [-0.05, 0) is 25.5 Å². The first-order valence-electron chi connectivity index (χ1n) is 7.41. The smallest absolute Gasteiger partial charge is 0.337 e. The number of benzene rings is 1. The summed E-state index contributed by atoms with van der Waals surface area (Å²) in [6.45, 7) is 2.95. The van der Waals surface area contributed by atoms with Gasteiger partial charge < -0.3 is 20.3 Å². The first-order valence-corrected chi connectivity index (χ1v) is 8.23. The summed E-state index contributed by atoms with van der Waals surface area (Å²) in [5.74, 6) is -1.44. The molecule has 128 valence electrons. The van der Waals surface area contributed by atoms with Crippen molar-refractivity contribution in [3.8, 4) is 16.2 Å². The molecule has 1 aromatic carbocycles. The third-order valence-electron chi connectivity index (χ3n) is 3.32. The summed E-state index contributed by atoms with van der Waals surface area (Å²) in [5.41, 5.74) is -1.07. The molecule has 3 N–H and O–H groups in total. The van der Waals surface area contributed by atoms with Gasteiger partial charge in [-0.2, -0.15) is 0 Å². The van der Waals surface area contributed by atoms with E-state index in [9.17, 15) is 14.7 Å². The normalized spacial score (nSPS) is 13.1. The molecule has 0 bridgehead atoms. The Morgan fingerprint density at radius 2 is 1.96 bits per heavy atom. The predicted octanol–water partition coefficient (Wildman–Crippen LogP) is 2.38. The molecule has 0 aliphatic carbocycles. The van der Waals surface area contributed by atoms with E-state index in [-0.39, 0.29) is 0 Å². The van der Waals surface area contributed by atoms with Crippen LogP contribution in [0.2, 0.25) is 0 Å². The fourth-order valence-corrected chi connectivity index (χ4v) is 2.97. The maximum atomic E-state index is 12.4. The Labute approximate surface area is 143 Å². The Morgan fingerprint density at radius 3 is 2.54 bits per heavy atom. The maximum absolute atomic E-state index is 12.4. The first-order chi connectivity index (χ1) is 11.3. The zero-order chi connectivity index (χ0) is 17.7. The van der Waals surface area contributed by atoms with Crippen LogP contribution in [-0.2, 0) is 4.79 Å². The molecule has 2 rings (SSSR count). The average Bonchev–Trinajstić information content (AvgIpc) is 2.98. The van der Waals surface area contributed by atoms with Gasteiger partial charge in [0.25, 0.3) is 5.91 Å². The van der Waals surface area contributed by atoms with Crippen LogP contribution < -0.4 is 10.1 Å². The highest BCUT2D eigenvalue weighted by molar-refractivity contribution is 7.17. The molecule has 1 atom stereocenters. The Morgan fingerprint density at radius 1 is 1.29 bits per heavy atom. The lowest BCUT2D eigenvalue weighted by molar-refractivity contribution is -0.155. The molecule has 1 aromatic heterocycles. The molecule has 1 unspecified atom stereocenters. The van der Waals surface area contributed by atoms with Crippen LogP contribution in [0.4, 0.5) is 0 Å². The number of amides is 1. The number of carbonyl (C=O) groups is 2. The highest BCUT2D eigenvalue weighted by Crippen LogP contribution is 2.36. The Balaban J connectivity index is 2.23. The molecule has 0 saturated carbocycles. The summed E-state index contributed by atoms with van der Waals surface area (Å²) in [6.07, 6.45) is 0. The molecule has 0 aliphatic heterocycles. The number of hydrogen-bond donors (Lipinski definition) is 3. The van der Waals surface area contributed by atoms with Gasteiger partial charge in [-0.1, -0.05) is 30.3 Å². The molecule has 2 aromatic rings. The number of ether oxygens (including phenoxy) is 1. The quantitative estimate of drug-likeness (QED) is 0.713. The molecule has 0 fully saturated rings. The lowest BCUT2D eigenvalue weighted by Gasteiger charge is -2.18. The molecule has 24 heavy (non-hydrogen) atoms. The number of carboxylic acid groups (broad SMARTS) is 1. The summed E-state index contributed by atoms with van der Waals surface area (Å²) in [7, 11) is 0. The second-order valence-corrected chi connectivity index (χ2v) is 6.42. The minimum atomic E-state index is -2.03. The van der Waals surface area contributed by atoms with E-state index in [1.807, 2.05) is 37.3 Å². The molecule has 1 amide bonds. The predicted molar refractivity (Wildman–Crippen MR) is 91.5 cm³/mol. The summed E-state index contributed by atoms with van der Waals surface area (Å²) < 4.78 is 5.51. The van der Waals surface area contributed by atoms with Crippen molar-refractivity contribution < 1.29 is 24.5 Å². The van der Waals surface area contributed by atoms with E-state index in [0.717, 1.165) is 17.4 Å². The fourth-order valence-electron chi connectivity index (χ4n) is 1.95. The number of carboxylic acids is 1. The first kappa shape index (κ1) is 18.0. The van der Waals surface area contributed by atoms with Gasteiger partial charge >= 0.3 is 5.97 Å². The minimum Gasteiger partial charge on any atom is -0.492 e. The van der Waals surface area contributed by atoms with Crippen LogP contribution in [0.3, 0.4) is 0 Å². The number of nitrogens with one attached hydrogen (secondary N) is 1. The van der Waals surface area contributed by atoms with Crippen LogP contribution in [-0.4, -0.2) is 40.8 Å². The van der Waals surface area contributed by atoms with Crippen molar-refractivity contribution >= 4 is 23.2 Å². The van der Waals surface area contributed by atoms with Crippen LogP contribution in [0.5, 0.6) is 5.75 Å². The van der Waals surface area contributed by atoms with E-state index >= 15 is 0 Å². The van der Waals surface area contributed by atoms with Crippen molar-refractivity contribution in [1.82, 2.24) is 5.32 Å². The van der Waals surface area contributed by atoms with Crippen molar-refractivity contribution in [3.05, 3.63) is 41.3 Å². The summed E-state index contributed by atoms with van der Waals surface area (Å²) in [6, 6.07) is 11.4. The van der Waals surface area contributed by atoms with Gasteiger partial charge in [0.05, 0.1) is 13.2 Å². The molecule has 0 aliphatic rings. The third kappa shape index (κ3) is 4.12. The molecule has 6 nitrogen and oxygen atoms in total. The van der Waals surface area contributed by atoms with Crippen LogP contribution in [0.15, 0.2) is 36.4 Å². The maximum Gasteiger partial charge on any atom is 0.337 e. The minimum absolute atomic E-state index is 0.344.